The fourth-order valence-corrected chi connectivity index (χ4v) is 4.19. The van der Waals surface area contributed by atoms with Crippen LogP contribution in [0.4, 0.5) is 4.39 Å². The van der Waals surface area contributed by atoms with Crippen molar-refractivity contribution in [2.75, 3.05) is 13.6 Å². The van der Waals surface area contributed by atoms with Crippen molar-refractivity contribution < 1.29 is 12.8 Å². The summed E-state index contributed by atoms with van der Waals surface area (Å²) in [7, 11) is -1.69. The van der Waals surface area contributed by atoms with Crippen molar-refractivity contribution in [1.82, 2.24) is 10.0 Å². The van der Waals surface area contributed by atoms with Crippen molar-refractivity contribution in [2.45, 2.75) is 17.9 Å². The molecule has 0 atom stereocenters. The third-order valence-corrected chi connectivity index (χ3v) is 5.41. The Morgan fingerprint density at radius 3 is 2.81 bits per heavy atom. The monoisotopic (exact) mass is 328 g/mol. The van der Waals surface area contributed by atoms with Crippen LogP contribution < -0.4 is 10.0 Å². The van der Waals surface area contributed by atoms with E-state index in [0.717, 1.165) is 10.4 Å². The van der Waals surface area contributed by atoms with Gasteiger partial charge in [-0.3, -0.25) is 0 Å². The Kier molecular flexibility index (Phi) is 5.46. The first-order valence-electron chi connectivity index (χ1n) is 6.47. The lowest BCUT2D eigenvalue weighted by molar-refractivity contribution is 0.581. The SMILES string of the molecule is CNCc1cc(S(=O)(=O)NCCc2cccc(F)c2)cs1. The van der Waals surface area contributed by atoms with Crippen molar-refractivity contribution >= 4 is 21.4 Å². The highest BCUT2D eigenvalue weighted by atomic mass is 32.2. The predicted octanol–water partition coefficient (Wildman–Crippen LogP) is 2.13. The van der Waals surface area contributed by atoms with Crippen LogP contribution in [-0.2, 0) is 23.0 Å². The molecular weight excluding hydrogens is 311 g/mol. The molecule has 2 aromatic rings. The summed E-state index contributed by atoms with van der Waals surface area (Å²) in [5, 5.41) is 4.60. The first kappa shape index (κ1) is 16.1. The van der Waals surface area contributed by atoms with E-state index >= 15 is 0 Å². The van der Waals surface area contributed by atoms with Gasteiger partial charge in [-0.05, 0) is 37.2 Å². The molecule has 1 aromatic carbocycles. The number of sulfonamides is 1. The number of hydrogen-bond donors (Lipinski definition) is 2. The zero-order valence-corrected chi connectivity index (χ0v) is 13.2. The molecular formula is C14H17FN2O2S2. The first-order valence-corrected chi connectivity index (χ1v) is 8.83. The van der Waals surface area contributed by atoms with E-state index < -0.39 is 10.0 Å². The fourth-order valence-electron chi connectivity index (χ4n) is 1.87. The predicted molar refractivity (Wildman–Crippen MR) is 82.4 cm³/mol. The highest BCUT2D eigenvalue weighted by Crippen LogP contribution is 2.19. The normalized spacial score (nSPS) is 11.7. The molecule has 0 aliphatic carbocycles. The Bertz CT molecular complexity index is 699. The van der Waals surface area contributed by atoms with Gasteiger partial charge in [-0.1, -0.05) is 12.1 Å². The molecule has 0 fully saturated rings. The van der Waals surface area contributed by atoms with Gasteiger partial charge in [0.25, 0.3) is 0 Å². The molecule has 2 N–H and O–H groups in total. The van der Waals surface area contributed by atoms with E-state index in [1.165, 1.54) is 23.5 Å². The van der Waals surface area contributed by atoms with Gasteiger partial charge in [-0.25, -0.2) is 17.5 Å². The Hall–Kier alpha value is -1.28. The average molecular weight is 328 g/mol. The van der Waals surface area contributed by atoms with E-state index in [0.29, 0.717) is 13.0 Å². The van der Waals surface area contributed by atoms with Crippen LogP contribution in [0.3, 0.4) is 0 Å². The number of nitrogens with one attached hydrogen (secondary N) is 2. The molecule has 0 saturated heterocycles. The van der Waals surface area contributed by atoms with Crippen LogP contribution in [-0.4, -0.2) is 22.0 Å². The fraction of sp³-hybridized carbons (Fsp3) is 0.286. The van der Waals surface area contributed by atoms with Gasteiger partial charge in [-0.15, -0.1) is 11.3 Å². The number of benzene rings is 1. The van der Waals surface area contributed by atoms with Crippen molar-refractivity contribution in [3.8, 4) is 0 Å². The van der Waals surface area contributed by atoms with Gasteiger partial charge in [0, 0.05) is 23.3 Å². The van der Waals surface area contributed by atoms with E-state index in [1.807, 2.05) is 7.05 Å². The lowest BCUT2D eigenvalue weighted by atomic mass is 10.1. The smallest absolute Gasteiger partial charge is 0.241 e. The molecule has 114 valence electrons. The molecule has 0 amide bonds. The van der Waals surface area contributed by atoms with Gasteiger partial charge in [-0.2, -0.15) is 0 Å². The summed E-state index contributed by atoms with van der Waals surface area (Å²) < 4.78 is 39.8. The van der Waals surface area contributed by atoms with Crippen LogP contribution in [0.25, 0.3) is 0 Å². The maximum absolute atomic E-state index is 13.0. The second-order valence-electron chi connectivity index (χ2n) is 4.56. The molecule has 7 heteroatoms. The highest BCUT2D eigenvalue weighted by Gasteiger charge is 2.15. The summed E-state index contributed by atoms with van der Waals surface area (Å²) in [6.45, 7) is 0.881. The van der Waals surface area contributed by atoms with E-state index in [-0.39, 0.29) is 17.3 Å². The maximum Gasteiger partial charge on any atom is 0.241 e. The van der Waals surface area contributed by atoms with E-state index in [9.17, 15) is 12.8 Å². The number of hydrogen-bond acceptors (Lipinski definition) is 4. The van der Waals surface area contributed by atoms with Crippen molar-refractivity contribution in [1.29, 1.82) is 0 Å². The Balaban J connectivity index is 1.94. The molecule has 1 heterocycles. The summed E-state index contributed by atoms with van der Waals surface area (Å²) in [4.78, 5) is 1.24. The van der Waals surface area contributed by atoms with Crippen LogP contribution in [0.5, 0.6) is 0 Å². The van der Waals surface area contributed by atoms with Gasteiger partial charge < -0.3 is 5.32 Å². The van der Waals surface area contributed by atoms with Gasteiger partial charge >= 0.3 is 0 Å². The topological polar surface area (TPSA) is 58.2 Å². The van der Waals surface area contributed by atoms with Crippen LogP contribution in [0.2, 0.25) is 0 Å². The summed E-state index contributed by atoms with van der Waals surface area (Å²) in [5.74, 6) is -0.315. The molecule has 0 aliphatic heterocycles. The molecule has 1 aromatic heterocycles. The number of rotatable bonds is 7. The Morgan fingerprint density at radius 1 is 1.29 bits per heavy atom. The van der Waals surface area contributed by atoms with Gasteiger partial charge in [0.05, 0.1) is 4.90 Å². The molecule has 0 spiro atoms. The quantitative estimate of drug-likeness (QED) is 0.818. The second kappa shape index (κ2) is 7.13. The van der Waals surface area contributed by atoms with Gasteiger partial charge in [0.15, 0.2) is 0 Å². The Morgan fingerprint density at radius 2 is 2.10 bits per heavy atom. The van der Waals surface area contributed by atoms with Gasteiger partial charge in [0.2, 0.25) is 10.0 Å². The van der Waals surface area contributed by atoms with Crippen LogP contribution in [0, 0.1) is 5.82 Å². The molecule has 21 heavy (non-hydrogen) atoms. The standard InChI is InChI=1S/C14H17FN2O2S2/c1-16-9-13-8-14(10-20-13)21(18,19)17-6-5-11-3-2-4-12(15)7-11/h2-4,7-8,10,16-17H,5-6,9H2,1H3. The Labute approximate surface area is 128 Å². The molecule has 0 bridgehead atoms. The largest absolute Gasteiger partial charge is 0.315 e. The minimum atomic E-state index is -3.50. The zero-order valence-electron chi connectivity index (χ0n) is 11.6. The van der Waals surface area contributed by atoms with Crippen LogP contribution in [0.1, 0.15) is 10.4 Å². The highest BCUT2D eigenvalue weighted by molar-refractivity contribution is 7.89. The van der Waals surface area contributed by atoms with Crippen LogP contribution >= 0.6 is 11.3 Å². The summed E-state index contributed by atoms with van der Waals surface area (Å²) >= 11 is 1.40. The zero-order chi connectivity index (χ0) is 15.3. The molecule has 0 aliphatic rings. The average Bonchev–Trinajstić information content (AvgIpc) is 2.88. The van der Waals surface area contributed by atoms with E-state index in [4.69, 9.17) is 0 Å². The van der Waals surface area contributed by atoms with Gasteiger partial charge in [0.1, 0.15) is 5.82 Å². The summed E-state index contributed by atoms with van der Waals surface area (Å²) in [6, 6.07) is 7.81. The minimum absolute atomic E-state index is 0.239. The summed E-state index contributed by atoms with van der Waals surface area (Å²) in [5.41, 5.74) is 0.763. The van der Waals surface area contributed by atoms with E-state index in [2.05, 4.69) is 10.0 Å². The van der Waals surface area contributed by atoms with E-state index in [1.54, 1.807) is 23.6 Å². The van der Waals surface area contributed by atoms with Crippen LogP contribution in [0.15, 0.2) is 40.6 Å². The maximum atomic E-state index is 13.0. The summed E-state index contributed by atoms with van der Waals surface area (Å²) in [6.07, 6.45) is 0.449. The molecule has 2 rings (SSSR count). The lowest BCUT2D eigenvalue weighted by Gasteiger charge is -2.05. The van der Waals surface area contributed by atoms with Crippen molar-refractivity contribution in [2.24, 2.45) is 0 Å². The van der Waals surface area contributed by atoms with Crippen molar-refractivity contribution in [3.63, 3.8) is 0 Å². The first-order chi connectivity index (χ1) is 10.0. The second-order valence-corrected chi connectivity index (χ2v) is 7.32. The molecule has 4 nitrogen and oxygen atoms in total. The third-order valence-electron chi connectivity index (χ3n) is 2.89. The number of thiophene rings is 1. The minimum Gasteiger partial charge on any atom is -0.315 e. The lowest BCUT2D eigenvalue weighted by Crippen LogP contribution is -2.25. The molecule has 0 saturated carbocycles. The van der Waals surface area contributed by atoms with Crippen molar-refractivity contribution in [3.05, 3.63) is 52.0 Å². The number of halogens is 1. The third kappa shape index (κ3) is 4.60. The molecule has 0 radical (unpaired) electrons. The molecule has 0 unspecified atom stereocenters.